The van der Waals surface area contributed by atoms with Crippen LogP contribution in [0.15, 0.2) is 36.4 Å². The van der Waals surface area contributed by atoms with E-state index in [2.05, 4.69) is 0 Å². The maximum atomic E-state index is 13.6. The third-order valence-electron chi connectivity index (χ3n) is 2.66. The highest BCUT2D eigenvalue weighted by atomic mass is 35.5. The van der Waals surface area contributed by atoms with Crippen molar-refractivity contribution in [1.82, 2.24) is 0 Å². The fraction of sp³-hybridized carbons (Fsp3) is 0.0714. The quantitative estimate of drug-likeness (QED) is 0.686. The molecule has 2 rings (SSSR count). The normalized spacial score (nSPS) is 10.3. The number of ether oxygens (including phenoxy) is 1. The van der Waals surface area contributed by atoms with Gasteiger partial charge in [-0.25, -0.2) is 9.18 Å². The van der Waals surface area contributed by atoms with E-state index >= 15 is 0 Å². The van der Waals surface area contributed by atoms with Crippen LogP contribution in [0.2, 0.25) is 10.0 Å². The lowest BCUT2D eigenvalue weighted by Gasteiger charge is -2.09. The van der Waals surface area contributed by atoms with Crippen LogP contribution in [0.1, 0.15) is 15.9 Å². The molecule has 0 saturated heterocycles. The lowest BCUT2D eigenvalue weighted by Crippen LogP contribution is -2.09. The molecule has 0 atom stereocenters. The van der Waals surface area contributed by atoms with Crippen molar-refractivity contribution in [2.45, 2.75) is 6.61 Å². The Morgan fingerprint density at radius 1 is 1.15 bits per heavy atom. The number of carbonyl (C=O) groups excluding carboxylic acids is 1. The molecule has 104 valence electrons. The summed E-state index contributed by atoms with van der Waals surface area (Å²) in [7, 11) is 0. The fourth-order valence-electron chi connectivity index (χ4n) is 1.60. The smallest absolute Gasteiger partial charge is 0.340 e. The van der Waals surface area contributed by atoms with Crippen molar-refractivity contribution in [3.63, 3.8) is 0 Å². The van der Waals surface area contributed by atoms with Gasteiger partial charge in [-0.3, -0.25) is 0 Å². The molecule has 0 heterocycles. The molecule has 3 nitrogen and oxygen atoms in total. The molecule has 2 aromatic rings. The van der Waals surface area contributed by atoms with Crippen LogP contribution in [0.25, 0.3) is 0 Å². The van der Waals surface area contributed by atoms with E-state index < -0.39 is 11.8 Å². The molecule has 2 aromatic carbocycles. The summed E-state index contributed by atoms with van der Waals surface area (Å²) in [5, 5.41) is 0.231. The molecule has 0 aromatic heterocycles. The lowest BCUT2D eigenvalue weighted by atomic mass is 10.2. The molecule has 20 heavy (non-hydrogen) atoms. The molecule has 0 radical (unpaired) electrons. The molecule has 0 bridgehead atoms. The Morgan fingerprint density at radius 2 is 1.80 bits per heavy atom. The Morgan fingerprint density at radius 3 is 2.55 bits per heavy atom. The van der Waals surface area contributed by atoms with E-state index in [1.807, 2.05) is 0 Å². The molecule has 2 N–H and O–H groups in total. The third kappa shape index (κ3) is 3.03. The van der Waals surface area contributed by atoms with Crippen LogP contribution < -0.4 is 5.73 Å². The molecule has 0 aliphatic heterocycles. The Balaban J connectivity index is 2.13. The van der Waals surface area contributed by atoms with E-state index in [1.54, 1.807) is 18.2 Å². The molecule has 0 fully saturated rings. The maximum Gasteiger partial charge on any atom is 0.340 e. The van der Waals surface area contributed by atoms with Crippen molar-refractivity contribution in [3.05, 3.63) is 63.4 Å². The third-order valence-corrected chi connectivity index (χ3v) is 3.28. The number of nitrogens with two attached hydrogens (primary N) is 1. The molecule has 0 spiro atoms. The van der Waals surface area contributed by atoms with E-state index in [9.17, 15) is 9.18 Å². The number of para-hydroxylation sites is 1. The Hall–Kier alpha value is -1.78. The van der Waals surface area contributed by atoms with Crippen molar-refractivity contribution in [1.29, 1.82) is 0 Å². The van der Waals surface area contributed by atoms with Crippen LogP contribution in [0.5, 0.6) is 0 Å². The first-order valence-corrected chi connectivity index (χ1v) is 6.40. The standard InChI is InChI=1S/C14H10Cl2FNO2/c15-10-5-1-3-8(12(10)17)7-20-14(19)9-4-2-6-11(16)13(9)18/h1-6H,7,18H2. The topological polar surface area (TPSA) is 52.3 Å². The van der Waals surface area contributed by atoms with Crippen LogP contribution in [0, 0.1) is 5.82 Å². The summed E-state index contributed by atoms with van der Waals surface area (Å²) in [6, 6.07) is 9.09. The minimum Gasteiger partial charge on any atom is -0.457 e. The van der Waals surface area contributed by atoms with Gasteiger partial charge in [0.25, 0.3) is 0 Å². The van der Waals surface area contributed by atoms with Crippen molar-refractivity contribution in [2.75, 3.05) is 5.73 Å². The number of carbonyl (C=O) groups is 1. The molecule has 0 unspecified atom stereocenters. The summed E-state index contributed by atoms with van der Waals surface area (Å²) in [5.41, 5.74) is 6.13. The zero-order valence-electron chi connectivity index (χ0n) is 10.2. The Kier molecular flexibility index (Phi) is 4.47. The summed E-state index contributed by atoms with van der Waals surface area (Å²) in [5.74, 6) is -1.29. The number of anilines is 1. The van der Waals surface area contributed by atoms with Gasteiger partial charge in [-0.15, -0.1) is 0 Å². The summed E-state index contributed by atoms with van der Waals surface area (Å²) in [6.45, 7) is -0.239. The van der Waals surface area contributed by atoms with Crippen LogP contribution in [-0.4, -0.2) is 5.97 Å². The summed E-state index contributed by atoms with van der Waals surface area (Å²) in [6.07, 6.45) is 0. The average Bonchev–Trinajstić information content (AvgIpc) is 2.43. The van der Waals surface area contributed by atoms with E-state index in [-0.39, 0.29) is 33.5 Å². The first-order chi connectivity index (χ1) is 9.50. The predicted molar refractivity (Wildman–Crippen MR) is 76.4 cm³/mol. The number of halogens is 3. The highest BCUT2D eigenvalue weighted by Crippen LogP contribution is 2.24. The SMILES string of the molecule is Nc1c(Cl)cccc1C(=O)OCc1cccc(Cl)c1F. The molecular formula is C14H10Cl2FNO2. The Labute approximate surface area is 125 Å². The second-order valence-corrected chi connectivity index (χ2v) is 4.80. The van der Waals surface area contributed by atoms with Gasteiger partial charge in [0.05, 0.1) is 21.3 Å². The van der Waals surface area contributed by atoms with E-state index in [0.29, 0.717) is 0 Å². The lowest BCUT2D eigenvalue weighted by molar-refractivity contribution is 0.0470. The molecule has 0 amide bonds. The van der Waals surface area contributed by atoms with Crippen molar-refractivity contribution in [2.24, 2.45) is 0 Å². The van der Waals surface area contributed by atoms with Crippen molar-refractivity contribution >= 4 is 34.9 Å². The van der Waals surface area contributed by atoms with Crippen molar-refractivity contribution < 1.29 is 13.9 Å². The van der Waals surface area contributed by atoms with Crippen LogP contribution >= 0.6 is 23.2 Å². The van der Waals surface area contributed by atoms with Crippen LogP contribution in [0.3, 0.4) is 0 Å². The minimum absolute atomic E-state index is 0.0270. The summed E-state index contributed by atoms with van der Waals surface area (Å²) < 4.78 is 18.6. The fourth-order valence-corrected chi connectivity index (χ4v) is 1.96. The first-order valence-electron chi connectivity index (χ1n) is 5.64. The molecular weight excluding hydrogens is 304 g/mol. The minimum atomic E-state index is -0.677. The number of esters is 1. The monoisotopic (exact) mass is 313 g/mol. The first kappa shape index (κ1) is 14.6. The maximum absolute atomic E-state index is 13.6. The summed E-state index contributed by atoms with van der Waals surface area (Å²) in [4.78, 5) is 11.9. The Bertz CT molecular complexity index is 662. The van der Waals surface area contributed by atoms with Gasteiger partial charge in [-0.2, -0.15) is 0 Å². The van der Waals surface area contributed by atoms with Gasteiger partial charge < -0.3 is 10.5 Å². The van der Waals surface area contributed by atoms with Crippen LogP contribution in [0.4, 0.5) is 10.1 Å². The molecule has 0 aliphatic carbocycles. The van der Waals surface area contributed by atoms with E-state index in [0.717, 1.165) is 0 Å². The summed E-state index contributed by atoms with van der Waals surface area (Å²) >= 11 is 11.5. The van der Waals surface area contributed by atoms with Gasteiger partial charge in [0.1, 0.15) is 12.4 Å². The van der Waals surface area contributed by atoms with Gasteiger partial charge in [0.15, 0.2) is 0 Å². The number of hydrogen-bond donors (Lipinski definition) is 1. The largest absolute Gasteiger partial charge is 0.457 e. The second kappa shape index (κ2) is 6.11. The van der Waals surface area contributed by atoms with E-state index in [4.69, 9.17) is 33.7 Å². The number of benzene rings is 2. The molecule has 0 saturated carbocycles. The number of nitrogen functional groups attached to an aromatic ring is 1. The average molecular weight is 314 g/mol. The zero-order valence-corrected chi connectivity index (χ0v) is 11.7. The number of hydrogen-bond acceptors (Lipinski definition) is 3. The molecule has 6 heteroatoms. The van der Waals surface area contributed by atoms with Crippen molar-refractivity contribution in [3.8, 4) is 0 Å². The van der Waals surface area contributed by atoms with Crippen LogP contribution in [-0.2, 0) is 11.3 Å². The molecule has 0 aliphatic rings. The van der Waals surface area contributed by atoms with Gasteiger partial charge >= 0.3 is 5.97 Å². The van der Waals surface area contributed by atoms with Gasteiger partial charge in [0, 0.05) is 5.56 Å². The van der Waals surface area contributed by atoms with Gasteiger partial charge in [0.2, 0.25) is 0 Å². The number of rotatable bonds is 3. The van der Waals surface area contributed by atoms with Gasteiger partial charge in [-0.05, 0) is 18.2 Å². The predicted octanol–water partition coefficient (Wildman–Crippen LogP) is 4.07. The highest BCUT2D eigenvalue weighted by molar-refractivity contribution is 6.33. The second-order valence-electron chi connectivity index (χ2n) is 3.99. The zero-order chi connectivity index (χ0) is 14.7. The highest BCUT2D eigenvalue weighted by Gasteiger charge is 2.14. The van der Waals surface area contributed by atoms with Gasteiger partial charge in [-0.1, -0.05) is 41.4 Å². The van der Waals surface area contributed by atoms with E-state index in [1.165, 1.54) is 18.2 Å².